The molecule has 164 valence electrons. The molecular weight excluding hydrogens is 489 g/mol. The first-order chi connectivity index (χ1) is 14.1. The third-order valence-corrected chi connectivity index (χ3v) is 5.13. The van der Waals surface area contributed by atoms with E-state index in [0.717, 1.165) is 36.8 Å². The molecule has 0 amide bonds. The molecule has 2 N–H and O–H groups in total. The maximum absolute atomic E-state index is 5.99. The Balaban J connectivity index is 0.00000320. The molecule has 0 spiro atoms. The smallest absolute Gasteiger partial charge is 0.191 e. The monoisotopic (exact) mass is 523 g/mol. The van der Waals surface area contributed by atoms with Crippen LogP contribution in [-0.2, 0) is 11.3 Å². The molecule has 0 bridgehead atoms. The topological polar surface area (TPSA) is 54.9 Å². The number of halogens is 1. The van der Waals surface area contributed by atoms with Gasteiger partial charge in [0.2, 0.25) is 0 Å². The van der Waals surface area contributed by atoms with Crippen LogP contribution in [0.15, 0.2) is 53.5 Å². The molecule has 1 saturated heterocycles. The second-order valence-corrected chi connectivity index (χ2v) is 7.84. The Morgan fingerprint density at radius 1 is 1.17 bits per heavy atom. The third kappa shape index (κ3) is 6.87. The zero-order valence-electron chi connectivity index (χ0n) is 18.4. The van der Waals surface area contributed by atoms with Crippen LogP contribution in [0, 0.1) is 12.8 Å². The van der Waals surface area contributed by atoms with Gasteiger partial charge in [0.15, 0.2) is 5.96 Å². The third-order valence-electron chi connectivity index (χ3n) is 5.13. The largest absolute Gasteiger partial charge is 0.491 e. The lowest BCUT2D eigenvalue weighted by Gasteiger charge is -2.21. The van der Waals surface area contributed by atoms with Gasteiger partial charge in [-0.05, 0) is 44.4 Å². The first-order valence-corrected chi connectivity index (χ1v) is 10.4. The van der Waals surface area contributed by atoms with Crippen LogP contribution in [0.4, 0.5) is 0 Å². The summed E-state index contributed by atoms with van der Waals surface area (Å²) in [6, 6.07) is 16.8. The summed E-state index contributed by atoms with van der Waals surface area (Å²) in [7, 11) is 1.80. The van der Waals surface area contributed by atoms with Crippen molar-refractivity contribution < 1.29 is 9.47 Å². The Morgan fingerprint density at radius 2 is 1.93 bits per heavy atom. The summed E-state index contributed by atoms with van der Waals surface area (Å²) in [4.78, 5) is 4.38. The van der Waals surface area contributed by atoms with Crippen LogP contribution in [0.25, 0.3) is 0 Å². The van der Waals surface area contributed by atoms with E-state index in [-0.39, 0.29) is 36.2 Å². The molecule has 1 aliphatic rings. The molecule has 1 fully saturated rings. The molecule has 30 heavy (non-hydrogen) atoms. The molecule has 3 rings (SSSR count). The highest BCUT2D eigenvalue weighted by Gasteiger charge is 2.29. The molecule has 1 aliphatic heterocycles. The maximum atomic E-state index is 5.99. The van der Waals surface area contributed by atoms with Crippen molar-refractivity contribution in [2.45, 2.75) is 45.9 Å². The number of nitrogens with one attached hydrogen (secondary N) is 2. The predicted molar refractivity (Wildman–Crippen MR) is 134 cm³/mol. The fraction of sp³-hybridized carbons (Fsp3) is 0.458. The first-order valence-electron chi connectivity index (χ1n) is 10.4. The van der Waals surface area contributed by atoms with Crippen LogP contribution in [0.2, 0.25) is 0 Å². The Morgan fingerprint density at radius 3 is 2.63 bits per heavy atom. The molecule has 5 nitrogen and oxygen atoms in total. The Hall–Kier alpha value is -1.80. The van der Waals surface area contributed by atoms with Gasteiger partial charge in [0, 0.05) is 38.2 Å². The van der Waals surface area contributed by atoms with Gasteiger partial charge in [0.25, 0.3) is 0 Å². The second-order valence-electron chi connectivity index (χ2n) is 7.84. The van der Waals surface area contributed by atoms with E-state index in [4.69, 9.17) is 9.47 Å². The van der Waals surface area contributed by atoms with Crippen LogP contribution >= 0.6 is 24.0 Å². The van der Waals surface area contributed by atoms with Crippen molar-refractivity contribution in [2.24, 2.45) is 10.9 Å². The Bertz CT molecular complexity index is 811. The van der Waals surface area contributed by atoms with E-state index in [2.05, 4.69) is 65.0 Å². The quantitative estimate of drug-likeness (QED) is 0.310. The number of hydrogen-bond donors (Lipinski definition) is 2. The predicted octanol–water partition coefficient (Wildman–Crippen LogP) is 4.84. The summed E-state index contributed by atoms with van der Waals surface area (Å²) in [5, 5.41) is 6.89. The van der Waals surface area contributed by atoms with Gasteiger partial charge in [-0.2, -0.15) is 0 Å². The average Bonchev–Trinajstić information content (AvgIpc) is 3.18. The highest BCUT2D eigenvalue weighted by atomic mass is 127. The molecule has 6 heteroatoms. The zero-order valence-corrected chi connectivity index (χ0v) is 20.7. The minimum atomic E-state index is 0. The number of aliphatic imine (C=N–C) groups is 1. The van der Waals surface area contributed by atoms with Gasteiger partial charge < -0.3 is 20.1 Å². The second kappa shape index (κ2) is 12.2. The minimum Gasteiger partial charge on any atom is -0.491 e. The van der Waals surface area contributed by atoms with Crippen molar-refractivity contribution in [2.75, 3.05) is 20.2 Å². The normalized spacial score (nSPS) is 18.8. The van der Waals surface area contributed by atoms with Gasteiger partial charge in [0.1, 0.15) is 5.75 Å². The van der Waals surface area contributed by atoms with Crippen LogP contribution in [0.5, 0.6) is 5.75 Å². The van der Waals surface area contributed by atoms with E-state index in [1.807, 2.05) is 19.9 Å². The van der Waals surface area contributed by atoms with Crippen molar-refractivity contribution in [1.29, 1.82) is 0 Å². The maximum Gasteiger partial charge on any atom is 0.191 e. The standard InChI is InChI=1S/C24H33N3O2.HI/c1-17(2)29-22-14-18(3)10-11-20(22)15-26-24(25-4)27-16-21-12-13-28-23(21)19-8-6-5-7-9-19;/h5-11,14,17,21,23H,12-13,15-16H2,1-4H3,(H2,25,26,27);1H. The summed E-state index contributed by atoms with van der Waals surface area (Å²) < 4.78 is 12.0. The lowest BCUT2D eigenvalue weighted by molar-refractivity contribution is 0.0915. The van der Waals surface area contributed by atoms with E-state index < -0.39 is 0 Å². The fourth-order valence-corrected chi connectivity index (χ4v) is 3.65. The number of rotatable bonds is 7. The van der Waals surface area contributed by atoms with Gasteiger partial charge in [-0.3, -0.25) is 4.99 Å². The molecule has 2 aromatic carbocycles. The number of ether oxygens (including phenoxy) is 2. The molecule has 0 radical (unpaired) electrons. The molecule has 2 aromatic rings. The van der Waals surface area contributed by atoms with Gasteiger partial charge in [0.05, 0.1) is 12.2 Å². The highest BCUT2D eigenvalue weighted by Crippen LogP contribution is 2.33. The van der Waals surface area contributed by atoms with Crippen LogP contribution in [0.3, 0.4) is 0 Å². The molecule has 0 aliphatic carbocycles. The number of guanidine groups is 1. The summed E-state index contributed by atoms with van der Waals surface area (Å²) >= 11 is 0. The van der Waals surface area contributed by atoms with Crippen molar-refractivity contribution in [1.82, 2.24) is 10.6 Å². The average molecular weight is 523 g/mol. The van der Waals surface area contributed by atoms with Crippen LogP contribution in [0.1, 0.15) is 43.1 Å². The number of hydrogen-bond acceptors (Lipinski definition) is 3. The number of nitrogens with zero attached hydrogens (tertiary/aromatic N) is 1. The van der Waals surface area contributed by atoms with E-state index in [1.165, 1.54) is 11.1 Å². The molecule has 2 unspecified atom stereocenters. The molecule has 2 atom stereocenters. The van der Waals surface area contributed by atoms with Crippen LogP contribution < -0.4 is 15.4 Å². The van der Waals surface area contributed by atoms with Crippen LogP contribution in [-0.4, -0.2) is 32.3 Å². The van der Waals surface area contributed by atoms with Crippen molar-refractivity contribution >= 4 is 29.9 Å². The SMILES string of the molecule is CN=C(NCc1ccc(C)cc1OC(C)C)NCC1CCOC1c1ccccc1.I. The fourth-order valence-electron chi connectivity index (χ4n) is 3.65. The molecule has 0 aromatic heterocycles. The van der Waals surface area contributed by atoms with E-state index in [9.17, 15) is 0 Å². The number of aryl methyl sites for hydroxylation is 1. The lowest BCUT2D eigenvalue weighted by atomic mass is 9.95. The van der Waals surface area contributed by atoms with Crippen molar-refractivity contribution in [3.8, 4) is 5.75 Å². The van der Waals surface area contributed by atoms with E-state index >= 15 is 0 Å². The summed E-state index contributed by atoms with van der Waals surface area (Å²) in [6.07, 6.45) is 1.34. The molecule has 1 heterocycles. The number of benzene rings is 2. The van der Waals surface area contributed by atoms with E-state index in [0.29, 0.717) is 12.5 Å². The van der Waals surface area contributed by atoms with E-state index in [1.54, 1.807) is 7.05 Å². The summed E-state index contributed by atoms with van der Waals surface area (Å²) in [6.45, 7) is 8.46. The highest BCUT2D eigenvalue weighted by molar-refractivity contribution is 14.0. The summed E-state index contributed by atoms with van der Waals surface area (Å²) in [5.74, 6) is 2.14. The minimum absolute atomic E-state index is 0. The Kier molecular flexibility index (Phi) is 9.91. The lowest BCUT2D eigenvalue weighted by Crippen LogP contribution is -2.40. The van der Waals surface area contributed by atoms with Crippen molar-refractivity contribution in [3.05, 3.63) is 65.2 Å². The summed E-state index contributed by atoms with van der Waals surface area (Å²) in [5.41, 5.74) is 3.56. The molecule has 0 saturated carbocycles. The first kappa shape index (κ1) is 24.5. The molecular formula is C24H34IN3O2. The Labute approximate surface area is 197 Å². The van der Waals surface area contributed by atoms with Crippen molar-refractivity contribution in [3.63, 3.8) is 0 Å². The van der Waals surface area contributed by atoms with Gasteiger partial charge in [-0.15, -0.1) is 24.0 Å². The van der Waals surface area contributed by atoms with Gasteiger partial charge in [-0.1, -0.05) is 42.5 Å². The van der Waals surface area contributed by atoms with Gasteiger partial charge >= 0.3 is 0 Å². The van der Waals surface area contributed by atoms with Gasteiger partial charge in [-0.25, -0.2) is 0 Å². The zero-order chi connectivity index (χ0) is 20.6.